The zero-order valence-electron chi connectivity index (χ0n) is 18.3. The number of ether oxygens (including phenoxy) is 1. The van der Waals surface area contributed by atoms with E-state index in [0.717, 1.165) is 18.7 Å². The Bertz CT molecular complexity index is 1110. The third-order valence-corrected chi connectivity index (χ3v) is 5.82. The molecule has 1 N–H and O–H groups in total. The molecule has 3 aromatic rings. The molecule has 0 atom stereocenters. The summed E-state index contributed by atoms with van der Waals surface area (Å²) < 4.78 is 10.5. The van der Waals surface area contributed by atoms with Crippen molar-refractivity contribution in [1.82, 2.24) is 15.0 Å². The van der Waals surface area contributed by atoms with E-state index in [1.165, 1.54) is 0 Å². The Morgan fingerprint density at radius 2 is 1.88 bits per heavy atom. The number of nitrogens with zero attached hydrogens (tertiary/aromatic N) is 3. The summed E-state index contributed by atoms with van der Waals surface area (Å²) in [7, 11) is 0. The number of halogens is 1. The molecule has 8 nitrogen and oxygen atoms in total. The number of anilines is 1. The van der Waals surface area contributed by atoms with E-state index in [1.807, 2.05) is 12.1 Å². The first-order valence-corrected chi connectivity index (χ1v) is 11.3. The maximum absolute atomic E-state index is 12.8. The first kappa shape index (κ1) is 22.9. The first-order chi connectivity index (χ1) is 16.0. The quantitative estimate of drug-likeness (QED) is 0.512. The van der Waals surface area contributed by atoms with Crippen LogP contribution in [0.2, 0.25) is 5.02 Å². The number of aromatic nitrogens is 2. The van der Waals surface area contributed by atoms with Crippen LogP contribution >= 0.6 is 11.6 Å². The van der Waals surface area contributed by atoms with Crippen molar-refractivity contribution in [2.75, 3.05) is 25.0 Å². The van der Waals surface area contributed by atoms with E-state index in [0.29, 0.717) is 47.4 Å². The van der Waals surface area contributed by atoms with Gasteiger partial charge in [0.25, 0.3) is 0 Å². The van der Waals surface area contributed by atoms with E-state index in [4.69, 9.17) is 20.9 Å². The monoisotopic (exact) mass is 468 g/mol. The first-order valence-electron chi connectivity index (χ1n) is 10.9. The second kappa shape index (κ2) is 10.6. The number of esters is 1. The summed E-state index contributed by atoms with van der Waals surface area (Å²) in [6, 6.07) is 14.2. The van der Waals surface area contributed by atoms with Crippen LogP contribution < -0.4 is 5.32 Å². The molecule has 2 aromatic carbocycles. The predicted octanol–water partition coefficient (Wildman–Crippen LogP) is 4.42. The number of hydrogen-bond acceptors (Lipinski definition) is 7. The minimum Gasteiger partial charge on any atom is -0.462 e. The molecule has 1 fully saturated rings. The van der Waals surface area contributed by atoms with Gasteiger partial charge in [0.1, 0.15) is 0 Å². The van der Waals surface area contributed by atoms with E-state index in [1.54, 1.807) is 43.3 Å². The third-order valence-electron chi connectivity index (χ3n) is 5.57. The predicted molar refractivity (Wildman–Crippen MR) is 124 cm³/mol. The van der Waals surface area contributed by atoms with Gasteiger partial charge in [0.2, 0.25) is 17.6 Å². The molecular formula is C24H25ClN4O4. The zero-order chi connectivity index (χ0) is 23.2. The highest BCUT2D eigenvalue weighted by atomic mass is 35.5. The number of carbonyl (C=O) groups excluding carboxylic acids is 2. The fraction of sp³-hybridized carbons (Fsp3) is 0.333. The third kappa shape index (κ3) is 5.77. The molecule has 0 unspecified atom stereocenters. The number of rotatable bonds is 7. The number of likely N-dealkylation sites (tertiary alicyclic amines) is 1. The molecule has 172 valence electrons. The highest BCUT2D eigenvalue weighted by Gasteiger charge is 2.27. The lowest BCUT2D eigenvalue weighted by molar-refractivity contribution is -0.121. The Balaban J connectivity index is 1.30. The van der Waals surface area contributed by atoms with Gasteiger partial charge in [0.05, 0.1) is 24.4 Å². The van der Waals surface area contributed by atoms with Crippen molar-refractivity contribution in [2.45, 2.75) is 26.3 Å². The SMILES string of the molecule is CCOC(=O)c1ccccc1NC(=O)C1CCN(Cc2nc(-c3ccc(Cl)cc3)no2)CC1. The van der Waals surface area contributed by atoms with Crippen LogP contribution in [0.1, 0.15) is 36.0 Å². The Hall–Kier alpha value is -3.23. The lowest BCUT2D eigenvalue weighted by atomic mass is 9.95. The van der Waals surface area contributed by atoms with Crippen molar-refractivity contribution in [2.24, 2.45) is 5.92 Å². The highest BCUT2D eigenvalue weighted by molar-refractivity contribution is 6.30. The average molecular weight is 469 g/mol. The van der Waals surface area contributed by atoms with Crippen LogP contribution in [0.25, 0.3) is 11.4 Å². The zero-order valence-corrected chi connectivity index (χ0v) is 19.0. The summed E-state index contributed by atoms with van der Waals surface area (Å²) in [6.45, 7) is 4.02. The lowest BCUT2D eigenvalue weighted by Crippen LogP contribution is -2.38. The van der Waals surface area contributed by atoms with Crippen molar-refractivity contribution in [1.29, 1.82) is 0 Å². The molecule has 1 aliphatic heterocycles. The van der Waals surface area contributed by atoms with Gasteiger partial charge in [0.15, 0.2) is 0 Å². The molecule has 33 heavy (non-hydrogen) atoms. The smallest absolute Gasteiger partial charge is 0.340 e. The maximum Gasteiger partial charge on any atom is 0.340 e. The fourth-order valence-corrected chi connectivity index (χ4v) is 3.92. The van der Waals surface area contributed by atoms with E-state index in [2.05, 4.69) is 20.4 Å². The molecule has 0 aliphatic carbocycles. The molecule has 1 aromatic heterocycles. The Labute approximate surface area is 196 Å². The second-order valence-electron chi connectivity index (χ2n) is 7.82. The van der Waals surface area contributed by atoms with Gasteiger partial charge in [-0.2, -0.15) is 4.98 Å². The number of nitrogens with one attached hydrogen (secondary N) is 1. The molecule has 9 heteroatoms. The van der Waals surface area contributed by atoms with Gasteiger partial charge in [-0.25, -0.2) is 4.79 Å². The van der Waals surface area contributed by atoms with E-state index < -0.39 is 5.97 Å². The standard InChI is InChI=1S/C24H25ClN4O4/c1-2-32-24(31)19-5-3-4-6-20(19)26-23(30)17-11-13-29(14-12-17)15-21-27-22(28-33-21)16-7-9-18(25)10-8-16/h3-10,17H,2,11-15H2,1H3,(H,26,30). The Morgan fingerprint density at radius 3 is 2.61 bits per heavy atom. The van der Waals surface area contributed by atoms with Crippen molar-refractivity contribution >= 4 is 29.2 Å². The van der Waals surface area contributed by atoms with Gasteiger partial charge in [-0.3, -0.25) is 9.69 Å². The van der Waals surface area contributed by atoms with E-state index in [9.17, 15) is 9.59 Å². The number of benzene rings is 2. The van der Waals surface area contributed by atoms with Gasteiger partial charge in [-0.05, 0) is 69.3 Å². The van der Waals surface area contributed by atoms with Gasteiger partial charge < -0.3 is 14.6 Å². The molecule has 1 aliphatic rings. The topological polar surface area (TPSA) is 97.6 Å². The minimum atomic E-state index is -0.444. The van der Waals surface area contributed by atoms with Gasteiger partial charge >= 0.3 is 5.97 Å². The van der Waals surface area contributed by atoms with Gasteiger partial charge in [-0.1, -0.05) is 28.9 Å². The van der Waals surface area contributed by atoms with Crippen LogP contribution in [-0.4, -0.2) is 46.6 Å². The number of hydrogen-bond donors (Lipinski definition) is 1. The summed E-state index contributed by atoms with van der Waals surface area (Å²) in [5.41, 5.74) is 1.68. The number of piperidine rings is 1. The highest BCUT2D eigenvalue weighted by Crippen LogP contribution is 2.24. The van der Waals surface area contributed by atoms with Crippen LogP contribution in [0.3, 0.4) is 0 Å². The molecule has 0 radical (unpaired) electrons. The molecule has 1 amide bonds. The summed E-state index contributed by atoms with van der Waals surface area (Å²) in [5, 5.41) is 7.60. The summed E-state index contributed by atoms with van der Waals surface area (Å²) in [5.74, 6) is 0.390. The largest absolute Gasteiger partial charge is 0.462 e. The number of carbonyl (C=O) groups is 2. The van der Waals surface area contributed by atoms with Gasteiger partial charge in [-0.15, -0.1) is 0 Å². The Morgan fingerprint density at radius 1 is 1.15 bits per heavy atom. The minimum absolute atomic E-state index is 0.0887. The van der Waals surface area contributed by atoms with Crippen LogP contribution in [0.15, 0.2) is 53.1 Å². The van der Waals surface area contributed by atoms with E-state index in [-0.39, 0.29) is 18.4 Å². The normalized spacial score (nSPS) is 14.7. The number of amides is 1. The number of para-hydroxylation sites is 1. The van der Waals surface area contributed by atoms with Crippen LogP contribution in [0.5, 0.6) is 0 Å². The van der Waals surface area contributed by atoms with Crippen molar-refractivity contribution in [3.05, 3.63) is 65.0 Å². The molecule has 4 rings (SSSR count). The van der Waals surface area contributed by atoms with Gasteiger partial charge in [0, 0.05) is 16.5 Å². The lowest BCUT2D eigenvalue weighted by Gasteiger charge is -2.30. The Kier molecular flexibility index (Phi) is 7.36. The molecule has 2 heterocycles. The maximum atomic E-state index is 12.8. The molecule has 0 saturated carbocycles. The van der Waals surface area contributed by atoms with E-state index >= 15 is 0 Å². The summed E-state index contributed by atoms with van der Waals surface area (Å²) in [4.78, 5) is 31.6. The van der Waals surface area contributed by atoms with Crippen molar-refractivity contribution < 1.29 is 18.8 Å². The molecule has 0 bridgehead atoms. The van der Waals surface area contributed by atoms with Crippen LogP contribution in [0, 0.1) is 5.92 Å². The molecule has 1 saturated heterocycles. The molecule has 0 spiro atoms. The van der Waals surface area contributed by atoms with Crippen molar-refractivity contribution in [3.8, 4) is 11.4 Å². The van der Waals surface area contributed by atoms with Crippen molar-refractivity contribution in [3.63, 3.8) is 0 Å². The van der Waals surface area contributed by atoms with Crippen LogP contribution in [-0.2, 0) is 16.1 Å². The summed E-state index contributed by atoms with van der Waals surface area (Å²) in [6.07, 6.45) is 1.40. The van der Waals surface area contributed by atoms with Crippen LogP contribution in [0.4, 0.5) is 5.69 Å². The summed E-state index contributed by atoms with van der Waals surface area (Å²) >= 11 is 5.93. The molecular weight excluding hydrogens is 444 g/mol. The average Bonchev–Trinajstić information content (AvgIpc) is 3.29. The fourth-order valence-electron chi connectivity index (χ4n) is 3.79. The second-order valence-corrected chi connectivity index (χ2v) is 8.26.